The summed E-state index contributed by atoms with van der Waals surface area (Å²) < 4.78 is 26.8. The van der Waals surface area contributed by atoms with Gasteiger partial charge in [-0.05, 0) is 17.7 Å². The second kappa shape index (κ2) is 4.79. The molecule has 0 saturated heterocycles. The summed E-state index contributed by atoms with van der Waals surface area (Å²) in [6.45, 7) is 0. The lowest BCUT2D eigenvalue weighted by atomic mass is 9.96. The maximum absolute atomic E-state index is 13.7. The smallest absolute Gasteiger partial charge is 0.353 e. The van der Waals surface area contributed by atoms with Gasteiger partial charge in [-0.1, -0.05) is 6.07 Å². The Kier molecular flexibility index (Phi) is 3.61. The summed E-state index contributed by atoms with van der Waals surface area (Å²) in [5.74, 6) is -5.30. The molecule has 0 heterocycles. The van der Waals surface area contributed by atoms with Crippen LogP contribution < -0.4 is 0 Å². The van der Waals surface area contributed by atoms with Crippen molar-refractivity contribution in [1.29, 1.82) is 5.26 Å². The number of carbonyl (C=O) groups is 2. The average molecular weight is 255 g/mol. The normalized spacial score (nSPS) is 10.7. The van der Waals surface area contributed by atoms with Crippen LogP contribution in [0.3, 0.4) is 0 Å². The van der Waals surface area contributed by atoms with Crippen molar-refractivity contribution in [1.82, 2.24) is 0 Å². The van der Waals surface area contributed by atoms with Gasteiger partial charge in [-0.15, -0.1) is 0 Å². The van der Waals surface area contributed by atoms with E-state index in [1.165, 1.54) is 6.07 Å². The predicted molar refractivity (Wildman–Crippen MR) is 53.9 cm³/mol. The van der Waals surface area contributed by atoms with Crippen LogP contribution >= 0.6 is 0 Å². The monoisotopic (exact) mass is 255 g/mol. The Morgan fingerprint density at radius 1 is 1.33 bits per heavy atom. The van der Waals surface area contributed by atoms with Crippen molar-refractivity contribution in [3.05, 3.63) is 35.1 Å². The maximum Gasteiger partial charge on any atom is 0.353 e. The standard InChI is InChI=1S/C11H7F2NO4/c12-8-3-6(1-2-7(8)5-14)4-11(13,9(15)16)10(17)18/h1-3H,4H2,(H,15,16)(H,17,18). The summed E-state index contributed by atoms with van der Waals surface area (Å²) in [6.07, 6.45) is -1.03. The fourth-order valence-corrected chi connectivity index (χ4v) is 1.28. The zero-order valence-corrected chi connectivity index (χ0v) is 8.85. The largest absolute Gasteiger partial charge is 0.478 e. The molecule has 0 aromatic heterocycles. The predicted octanol–water partition coefficient (Wildman–Crippen LogP) is 1.12. The Labute approximate surface area is 99.9 Å². The van der Waals surface area contributed by atoms with Crippen molar-refractivity contribution in [2.75, 3.05) is 0 Å². The lowest BCUT2D eigenvalue weighted by molar-refractivity contribution is -0.166. The molecule has 0 aliphatic heterocycles. The molecule has 1 rings (SSSR count). The highest BCUT2D eigenvalue weighted by molar-refractivity contribution is 6.01. The SMILES string of the molecule is N#Cc1ccc(CC(F)(C(=O)O)C(=O)O)cc1F. The van der Waals surface area contributed by atoms with E-state index in [1.54, 1.807) is 0 Å². The molecule has 0 spiro atoms. The van der Waals surface area contributed by atoms with Crippen LogP contribution in [0.1, 0.15) is 11.1 Å². The number of nitriles is 1. The molecule has 5 nitrogen and oxygen atoms in total. The summed E-state index contributed by atoms with van der Waals surface area (Å²) in [5, 5.41) is 25.5. The molecule has 0 bridgehead atoms. The van der Waals surface area contributed by atoms with Crippen molar-refractivity contribution in [2.24, 2.45) is 0 Å². The van der Waals surface area contributed by atoms with Crippen molar-refractivity contribution < 1.29 is 28.6 Å². The average Bonchev–Trinajstić information content (AvgIpc) is 2.28. The van der Waals surface area contributed by atoms with Gasteiger partial charge in [-0.3, -0.25) is 0 Å². The first kappa shape index (κ1) is 13.6. The summed E-state index contributed by atoms with van der Waals surface area (Å²) >= 11 is 0. The van der Waals surface area contributed by atoms with Crippen molar-refractivity contribution in [2.45, 2.75) is 12.1 Å². The Bertz CT molecular complexity index is 536. The lowest BCUT2D eigenvalue weighted by Crippen LogP contribution is -2.44. The van der Waals surface area contributed by atoms with Crippen LogP contribution in [0.5, 0.6) is 0 Å². The third-order valence-corrected chi connectivity index (χ3v) is 2.28. The highest BCUT2D eigenvalue weighted by Gasteiger charge is 2.47. The van der Waals surface area contributed by atoms with Gasteiger partial charge in [0, 0.05) is 6.42 Å². The summed E-state index contributed by atoms with van der Waals surface area (Å²) in [5.41, 5.74) is -3.99. The number of alkyl halides is 1. The molecule has 0 saturated carbocycles. The Hall–Kier alpha value is -2.49. The molecule has 0 amide bonds. The number of rotatable bonds is 4. The fourth-order valence-electron chi connectivity index (χ4n) is 1.28. The topological polar surface area (TPSA) is 98.4 Å². The maximum atomic E-state index is 13.7. The van der Waals surface area contributed by atoms with Crippen LogP contribution in [-0.2, 0) is 16.0 Å². The zero-order valence-electron chi connectivity index (χ0n) is 8.85. The molecule has 0 aliphatic rings. The van der Waals surface area contributed by atoms with E-state index in [9.17, 15) is 18.4 Å². The van der Waals surface area contributed by atoms with E-state index < -0.39 is 29.8 Å². The third-order valence-electron chi connectivity index (χ3n) is 2.28. The van der Waals surface area contributed by atoms with Crippen LogP contribution in [0.2, 0.25) is 0 Å². The van der Waals surface area contributed by atoms with Gasteiger partial charge < -0.3 is 10.2 Å². The summed E-state index contributed by atoms with van der Waals surface area (Å²) in [6, 6.07) is 4.39. The first-order chi connectivity index (χ1) is 8.31. The first-order valence-electron chi connectivity index (χ1n) is 4.65. The van der Waals surface area contributed by atoms with Crippen LogP contribution in [-0.4, -0.2) is 27.8 Å². The molecule has 0 radical (unpaired) electrons. The first-order valence-corrected chi connectivity index (χ1v) is 4.65. The quantitative estimate of drug-likeness (QED) is 0.785. The number of carboxylic acid groups (broad SMARTS) is 2. The van der Waals surface area contributed by atoms with E-state index in [-0.39, 0.29) is 11.1 Å². The van der Waals surface area contributed by atoms with Gasteiger partial charge in [0.1, 0.15) is 11.9 Å². The minimum absolute atomic E-state index is 0.168. The van der Waals surface area contributed by atoms with E-state index in [4.69, 9.17) is 15.5 Å². The highest BCUT2D eigenvalue weighted by atomic mass is 19.1. The lowest BCUT2D eigenvalue weighted by Gasteiger charge is -2.15. The molecule has 0 atom stereocenters. The molecule has 94 valence electrons. The van der Waals surface area contributed by atoms with Gasteiger partial charge in [-0.2, -0.15) is 5.26 Å². The van der Waals surface area contributed by atoms with Crippen LogP contribution in [0.4, 0.5) is 8.78 Å². The van der Waals surface area contributed by atoms with Crippen molar-refractivity contribution >= 4 is 11.9 Å². The van der Waals surface area contributed by atoms with E-state index in [1.807, 2.05) is 0 Å². The number of benzene rings is 1. The molecule has 0 aliphatic carbocycles. The van der Waals surface area contributed by atoms with E-state index in [2.05, 4.69) is 0 Å². The molecule has 1 aromatic carbocycles. The minimum Gasteiger partial charge on any atom is -0.478 e. The van der Waals surface area contributed by atoms with Gasteiger partial charge in [0.2, 0.25) is 0 Å². The molecule has 0 unspecified atom stereocenters. The van der Waals surface area contributed by atoms with Crippen LogP contribution in [0, 0.1) is 17.1 Å². The van der Waals surface area contributed by atoms with Gasteiger partial charge in [0.15, 0.2) is 0 Å². The van der Waals surface area contributed by atoms with E-state index in [0.717, 1.165) is 18.2 Å². The molecular formula is C11H7F2NO4. The van der Waals surface area contributed by atoms with Gasteiger partial charge in [0.05, 0.1) is 5.56 Å². The van der Waals surface area contributed by atoms with Crippen LogP contribution in [0.25, 0.3) is 0 Å². The van der Waals surface area contributed by atoms with Gasteiger partial charge in [-0.25, -0.2) is 18.4 Å². The van der Waals surface area contributed by atoms with Gasteiger partial charge >= 0.3 is 17.6 Å². The molecule has 1 aromatic rings. The number of carboxylic acids is 2. The Morgan fingerprint density at radius 3 is 2.28 bits per heavy atom. The number of hydrogen-bond donors (Lipinski definition) is 2. The molecule has 2 N–H and O–H groups in total. The summed E-state index contributed by atoms with van der Waals surface area (Å²) in [4.78, 5) is 21.1. The van der Waals surface area contributed by atoms with E-state index >= 15 is 0 Å². The number of hydrogen-bond acceptors (Lipinski definition) is 3. The Morgan fingerprint density at radius 2 is 1.89 bits per heavy atom. The van der Waals surface area contributed by atoms with Crippen molar-refractivity contribution in [3.63, 3.8) is 0 Å². The molecular weight excluding hydrogens is 248 g/mol. The minimum atomic E-state index is -3.53. The number of aliphatic carboxylic acids is 2. The second-order valence-electron chi connectivity index (χ2n) is 3.51. The zero-order chi connectivity index (χ0) is 13.9. The number of halogens is 2. The Balaban J connectivity index is 3.11. The third kappa shape index (κ3) is 2.43. The second-order valence-corrected chi connectivity index (χ2v) is 3.51. The fraction of sp³-hybridized carbons (Fsp3) is 0.182. The summed E-state index contributed by atoms with van der Waals surface area (Å²) in [7, 11) is 0. The van der Waals surface area contributed by atoms with E-state index in [0.29, 0.717) is 0 Å². The highest BCUT2D eigenvalue weighted by Crippen LogP contribution is 2.21. The number of nitrogens with zero attached hydrogens (tertiary/aromatic N) is 1. The molecule has 0 fully saturated rings. The van der Waals surface area contributed by atoms with Gasteiger partial charge in [0.25, 0.3) is 0 Å². The van der Waals surface area contributed by atoms with Crippen molar-refractivity contribution in [3.8, 4) is 6.07 Å². The van der Waals surface area contributed by atoms with Crippen LogP contribution in [0.15, 0.2) is 18.2 Å². The molecule has 7 heteroatoms. The molecule has 18 heavy (non-hydrogen) atoms.